The van der Waals surface area contributed by atoms with Crippen LogP contribution in [0.5, 0.6) is 6.01 Å². The smallest absolute Gasteiger partial charge is 0.319 e. The van der Waals surface area contributed by atoms with Crippen molar-refractivity contribution < 1.29 is 5.11 Å². The summed E-state index contributed by atoms with van der Waals surface area (Å²) in [4.78, 5) is 0. The van der Waals surface area contributed by atoms with Crippen molar-refractivity contribution in [2.45, 2.75) is 13.3 Å². The van der Waals surface area contributed by atoms with Crippen molar-refractivity contribution in [1.29, 1.82) is 0 Å². The Morgan fingerprint density at radius 3 is 2.44 bits per heavy atom. The Kier molecular flexibility index (Phi) is 3.82. The fourth-order valence-corrected chi connectivity index (χ4v) is 2.93. The maximum atomic E-state index is 10.3. The molecule has 0 fully saturated rings. The topological polar surface area (TPSA) is 55.9 Å². The number of aromatic hydroxyl groups is 1. The summed E-state index contributed by atoms with van der Waals surface area (Å²) in [6, 6.07) is 19.9. The second-order valence-electron chi connectivity index (χ2n) is 5.82. The van der Waals surface area contributed by atoms with Gasteiger partial charge in [-0.1, -0.05) is 36.3 Å². The van der Waals surface area contributed by atoms with Crippen LogP contribution in [0, 0.1) is 0 Å². The Balaban J connectivity index is 1.84. The first kappa shape index (κ1) is 15.2. The molecule has 0 saturated carbocycles. The van der Waals surface area contributed by atoms with Crippen LogP contribution in [0.1, 0.15) is 12.5 Å². The van der Waals surface area contributed by atoms with Gasteiger partial charge >= 0.3 is 6.01 Å². The lowest BCUT2D eigenvalue weighted by Crippen LogP contribution is -1.99. The van der Waals surface area contributed by atoms with Crippen LogP contribution in [0.25, 0.3) is 22.8 Å². The van der Waals surface area contributed by atoms with Gasteiger partial charge in [-0.3, -0.25) is 0 Å². The Hall–Kier alpha value is -3.34. The van der Waals surface area contributed by atoms with E-state index in [4.69, 9.17) is 0 Å². The molecule has 0 bridgehead atoms. The monoisotopic (exact) mass is 330 g/mol. The third-order valence-corrected chi connectivity index (χ3v) is 4.23. The normalized spacial score (nSPS) is 10.9. The average molecular weight is 330 g/mol. The summed E-state index contributed by atoms with van der Waals surface area (Å²) >= 11 is 0. The van der Waals surface area contributed by atoms with E-state index < -0.39 is 0 Å². The van der Waals surface area contributed by atoms with Crippen molar-refractivity contribution in [2.24, 2.45) is 0 Å². The Labute approximate surface area is 145 Å². The second-order valence-corrected chi connectivity index (χ2v) is 5.82. The molecule has 0 aliphatic heterocycles. The minimum absolute atomic E-state index is 0.124. The molecule has 124 valence electrons. The van der Waals surface area contributed by atoms with Crippen molar-refractivity contribution in [2.75, 3.05) is 0 Å². The summed E-state index contributed by atoms with van der Waals surface area (Å²) in [5.74, 6) is 0.623. The van der Waals surface area contributed by atoms with Gasteiger partial charge in [-0.2, -0.15) is 0 Å². The maximum absolute atomic E-state index is 10.3. The molecule has 4 rings (SSSR count). The summed E-state index contributed by atoms with van der Waals surface area (Å²) < 4.78 is 3.68. The van der Waals surface area contributed by atoms with Crippen molar-refractivity contribution in [3.05, 3.63) is 78.6 Å². The highest BCUT2D eigenvalue weighted by Gasteiger charge is 2.15. The molecule has 0 spiro atoms. The van der Waals surface area contributed by atoms with Gasteiger partial charge in [-0.25, -0.2) is 4.57 Å². The van der Waals surface area contributed by atoms with Crippen LogP contribution in [-0.2, 0) is 6.42 Å². The Bertz CT molecular complexity index is 1000. The van der Waals surface area contributed by atoms with Gasteiger partial charge in [0.15, 0.2) is 5.82 Å². The molecule has 2 heterocycles. The van der Waals surface area contributed by atoms with E-state index in [1.807, 2.05) is 65.5 Å². The van der Waals surface area contributed by atoms with E-state index in [1.165, 1.54) is 5.56 Å². The fourth-order valence-electron chi connectivity index (χ4n) is 2.93. The summed E-state index contributed by atoms with van der Waals surface area (Å²) in [5, 5.41) is 18.3. The first-order valence-electron chi connectivity index (χ1n) is 8.24. The molecule has 2 aromatic carbocycles. The largest absolute Gasteiger partial charge is 0.479 e. The lowest BCUT2D eigenvalue weighted by atomic mass is 10.1. The van der Waals surface area contributed by atoms with E-state index >= 15 is 0 Å². The molecule has 0 amide bonds. The highest BCUT2D eigenvalue weighted by Crippen LogP contribution is 2.27. The number of hydrogen-bond donors (Lipinski definition) is 1. The molecule has 0 atom stereocenters. The molecule has 5 heteroatoms. The number of nitrogens with zero attached hydrogens (tertiary/aromatic N) is 4. The van der Waals surface area contributed by atoms with E-state index in [0.717, 1.165) is 23.4 Å². The van der Waals surface area contributed by atoms with Crippen molar-refractivity contribution in [1.82, 2.24) is 19.3 Å². The molecule has 0 aliphatic carbocycles. The summed E-state index contributed by atoms with van der Waals surface area (Å²) in [7, 11) is 0. The molecule has 2 aromatic heterocycles. The molecule has 25 heavy (non-hydrogen) atoms. The zero-order valence-corrected chi connectivity index (χ0v) is 13.9. The number of aryl methyl sites for hydroxylation is 1. The van der Waals surface area contributed by atoms with Crippen LogP contribution in [0.15, 0.2) is 73.1 Å². The molecule has 1 N–H and O–H groups in total. The molecule has 0 radical (unpaired) electrons. The van der Waals surface area contributed by atoms with Crippen molar-refractivity contribution in [3.8, 4) is 28.8 Å². The molecular formula is C20H18N4O. The van der Waals surface area contributed by atoms with E-state index in [9.17, 15) is 5.11 Å². The lowest BCUT2D eigenvalue weighted by Gasteiger charge is -2.11. The van der Waals surface area contributed by atoms with Crippen molar-refractivity contribution >= 4 is 0 Å². The Morgan fingerprint density at radius 2 is 1.64 bits per heavy atom. The second kappa shape index (κ2) is 6.28. The van der Waals surface area contributed by atoms with Crippen LogP contribution in [0.2, 0.25) is 0 Å². The third kappa shape index (κ3) is 2.80. The quantitative estimate of drug-likeness (QED) is 0.615. The molecule has 5 nitrogen and oxygen atoms in total. The maximum Gasteiger partial charge on any atom is 0.319 e. The van der Waals surface area contributed by atoms with Crippen LogP contribution in [0.3, 0.4) is 0 Å². The molecular weight excluding hydrogens is 312 g/mol. The molecule has 4 aromatic rings. The van der Waals surface area contributed by atoms with Gasteiger partial charge in [0.1, 0.15) is 0 Å². The minimum atomic E-state index is -0.124. The van der Waals surface area contributed by atoms with Gasteiger partial charge in [0.25, 0.3) is 0 Å². The zero-order chi connectivity index (χ0) is 17.2. The SMILES string of the molecule is CCc1cccc(-c2nnc(O)n2-c2cccc(-n3cccc3)c2)c1. The lowest BCUT2D eigenvalue weighted by molar-refractivity contribution is 0.420. The summed E-state index contributed by atoms with van der Waals surface area (Å²) in [6.45, 7) is 2.11. The first-order valence-corrected chi connectivity index (χ1v) is 8.24. The van der Waals surface area contributed by atoms with E-state index in [1.54, 1.807) is 4.57 Å². The highest BCUT2D eigenvalue weighted by atomic mass is 16.3. The van der Waals surface area contributed by atoms with Gasteiger partial charge in [0.05, 0.1) is 5.69 Å². The van der Waals surface area contributed by atoms with Crippen LogP contribution < -0.4 is 0 Å². The third-order valence-electron chi connectivity index (χ3n) is 4.23. The van der Waals surface area contributed by atoms with Gasteiger partial charge in [0, 0.05) is 23.6 Å². The van der Waals surface area contributed by atoms with E-state index in [0.29, 0.717) is 5.82 Å². The van der Waals surface area contributed by atoms with Crippen LogP contribution >= 0.6 is 0 Å². The zero-order valence-electron chi connectivity index (χ0n) is 13.9. The predicted molar refractivity (Wildman–Crippen MR) is 97.2 cm³/mol. The first-order chi connectivity index (χ1) is 12.3. The summed E-state index contributed by atoms with van der Waals surface area (Å²) in [5.41, 5.74) is 3.96. The van der Waals surface area contributed by atoms with Crippen LogP contribution in [-0.4, -0.2) is 24.4 Å². The standard InChI is InChI=1S/C20H18N4O/c1-2-15-7-5-8-16(13-15)19-21-22-20(25)24(19)18-10-6-9-17(14-18)23-11-3-4-12-23/h3-14H,2H2,1H3,(H,22,25). The number of rotatable bonds is 4. The van der Waals surface area contributed by atoms with Gasteiger partial charge in [0.2, 0.25) is 0 Å². The number of aromatic nitrogens is 4. The fraction of sp³-hybridized carbons (Fsp3) is 0.100. The minimum Gasteiger partial charge on any atom is -0.479 e. The van der Waals surface area contributed by atoms with Gasteiger partial charge in [-0.15, -0.1) is 5.10 Å². The summed E-state index contributed by atoms with van der Waals surface area (Å²) in [6.07, 6.45) is 4.91. The van der Waals surface area contributed by atoms with Gasteiger partial charge < -0.3 is 9.67 Å². The van der Waals surface area contributed by atoms with Crippen LogP contribution in [0.4, 0.5) is 0 Å². The molecule has 0 aliphatic rings. The number of hydrogen-bond acceptors (Lipinski definition) is 3. The highest BCUT2D eigenvalue weighted by molar-refractivity contribution is 5.61. The Morgan fingerprint density at radius 1 is 0.880 bits per heavy atom. The number of benzene rings is 2. The molecule has 0 unspecified atom stereocenters. The predicted octanol–water partition coefficient (Wildman–Crippen LogP) is 3.99. The van der Waals surface area contributed by atoms with Crippen molar-refractivity contribution in [3.63, 3.8) is 0 Å². The molecule has 0 saturated heterocycles. The average Bonchev–Trinajstić information content (AvgIpc) is 3.32. The van der Waals surface area contributed by atoms with E-state index in [2.05, 4.69) is 29.3 Å². The van der Waals surface area contributed by atoms with Gasteiger partial charge in [-0.05, 0) is 48.4 Å². The van der Waals surface area contributed by atoms with E-state index in [-0.39, 0.29) is 6.01 Å².